The quantitative estimate of drug-likeness (QED) is 0.835. The van der Waals surface area contributed by atoms with Gasteiger partial charge in [0.1, 0.15) is 5.82 Å². The summed E-state index contributed by atoms with van der Waals surface area (Å²) in [5, 5.41) is 3.38. The first-order valence-electron chi connectivity index (χ1n) is 4.88. The molecule has 0 heterocycles. The Balaban J connectivity index is 2.76. The molecule has 2 nitrogen and oxygen atoms in total. The molecular weight excluding hydrogens is 215 g/mol. The van der Waals surface area contributed by atoms with Crippen molar-refractivity contribution in [1.29, 1.82) is 0 Å². The fourth-order valence-electron chi connectivity index (χ4n) is 1.39. The van der Waals surface area contributed by atoms with Gasteiger partial charge in [-0.15, -0.1) is 0 Å². The van der Waals surface area contributed by atoms with Gasteiger partial charge in [0.25, 0.3) is 0 Å². The number of halogens is 2. The first kappa shape index (κ1) is 12.3. The largest absolute Gasteiger partial charge is 0.380 e. The summed E-state index contributed by atoms with van der Waals surface area (Å²) in [6.45, 7) is 4.68. The summed E-state index contributed by atoms with van der Waals surface area (Å²) in [4.78, 5) is 0. The molecule has 1 rings (SSSR count). The van der Waals surface area contributed by atoms with E-state index in [1.165, 1.54) is 6.07 Å². The molecule has 84 valence electrons. The molecule has 0 atom stereocenters. The van der Waals surface area contributed by atoms with Crippen LogP contribution in [0.25, 0.3) is 0 Å². The molecule has 4 heteroatoms. The average molecular weight is 231 g/mol. The molecule has 0 aromatic heterocycles. The van der Waals surface area contributed by atoms with Gasteiger partial charge in [-0.1, -0.05) is 11.6 Å². The van der Waals surface area contributed by atoms with Crippen molar-refractivity contribution >= 4 is 17.3 Å². The van der Waals surface area contributed by atoms with Crippen molar-refractivity contribution in [2.24, 2.45) is 5.73 Å². The highest BCUT2D eigenvalue weighted by atomic mass is 35.5. The number of nitrogens with one attached hydrogen (secondary N) is 1. The smallest absolute Gasteiger partial charge is 0.141 e. The lowest BCUT2D eigenvalue weighted by Crippen LogP contribution is -2.33. The molecule has 0 radical (unpaired) electrons. The maximum atomic E-state index is 12.9. The summed E-state index contributed by atoms with van der Waals surface area (Å²) in [5.41, 5.74) is 6.19. The van der Waals surface area contributed by atoms with E-state index in [1.54, 1.807) is 12.1 Å². The zero-order valence-corrected chi connectivity index (χ0v) is 9.74. The lowest BCUT2D eigenvalue weighted by Gasteiger charge is -2.27. The first-order valence-corrected chi connectivity index (χ1v) is 5.26. The molecule has 0 amide bonds. The van der Waals surface area contributed by atoms with Crippen molar-refractivity contribution in [3.05, 3.63) is 29.0 Å². The lowest BCUT2D eigenvalue weighted by molar-refractivity contribution is 0.526. The summed E-state index contributed by atoms with van der Waals surface area (Å²) in [7, 11) is 0. The van der Waals surface area contributed by atoms with Gasteiger partial charge < -0.3 is 11.1 Å². The molecule has 0 aliphatic rings. The summed E-state index contributed by atoms with van der Waals surface area (Å²) >= 11 is 5.68. The van der Waals surface area contributed by atoms with Crippen LogP contribution in [0.5, 0.6) is 0 Å². The number of hydrogen-bond donors (Lipinski definition) is 2. The maximum absolute atomic E-state index is 12.9. The van der Waals surface area contributed by atoms with Crippen molar-refractivity contribution in [2.45, 2.75) is 25.8 Å². The molecule has 0 bridgehead atoms. The summed E-state index contributed by atoms with van der Waals surface area (Å²) in [6, 6.07) is 4.60. The van der Waals surface area contributed by atoms with E-state index in [2.05, 4.69) is 5.32 Å². The molecule has 15 heavy (non-hydrogen) atoms. The molecule has 0 saturated carbocycles. The van der Waals surface area contributed by atoms with Crippen LogP contribution < -0.4 is 11.1 Å². The zero-order valence-electron chi connectivity index (χ0n) is 8.98. The number of rotatable bonds is 4. The van der Waals surface area contributed by atoms with E-state index in [0.29, 0.717) is 6.54 Å². The predicted molar refractivity (Wildman–Crippen MR) is 62.8 cm³/mol. The third kappa shape index (κ3) is 3.68. The van der Waals surface area contributed by atoms with Crippen LogP contribution >= 0.6 is 11.6 Å². The Kier molecular flexibility index (Phi) is 3.94. The Labute approximate surface area is 94.6 Å². The van der Waals surface area contributed by atoms with Gasteiger partial charge in [-0.05, 0) is 45.0 Å². The van der Waals surface area contributed by atoms with Crippen LogP contribution in [0.3, 0.4) is 0 Å². The highest BCUT2D eigenvalue weighted by Gasteiger charge is 2.16. The maximum Gasteiger partial charge on any atom is 0.141 e. The van der Waals surface area contributed by atoms with Gasteiger partial charge in [0, 0.05) is 11.2 Å². The average Bonchev–Trinajstić information content (AvgIpc) is 2.10. The topological polar surface area (TPSA) is 38.0 Å². The Morgan fingerprint density at radius 1 is 1.47 bits per heavy atom. The lowest BCUT2D eigenvalue weighted by atomic mass is 10.0. The fraction of sp³-hybridized carbons (Fsp3) is 0.455. The molecule has 0 aliphatic heterocycles. The van der Waals surface area contributed by atoms with Crippen LogP contribution in [0.2, 0.25) is 5.02 Å². The van der Waals surface area contributed by atoms with Gasteiger partial charge in [0.15, 0.2) is 0 Å². The zero-order chi connectivity index (χ0) is 11.5. The van der Waals surface area contributed by atoms with Crippen molar-refractivity contribution < 1.29 is 4.39 Å². The van der Waals surface area contributed by atoms with Gasteiger partial charge in [-0.3, -0.25) is 0 Å². The van der Waals surface area contributed by atoms with E-state index < -0.39 is 5.82 Å². The second kappa shape index (κ2) is 4.81. The van der Waals surface area contributed by atoms with Gasteiger partial charge in [-0.25, -0.2) is 4.39 Å². The Bertz CT molecular complexity index is 339. The van der Waals surface area contributed by atoms with E-state index in [9.17, 15) is 4.39 Å². The van der Waals surface area contributed by atoms with E-state index in [-0.39, 0.29) is 10.6 Å². The molecule has 0 spiro atoms. The van der Waals surface area contributed by atoms with Crippen molar-refractivity contribution in [1.82, 2.24) is 0 Å². The first-order chi connectivity index (χ1) is 6.94. The molecule has 0 fully saturated rings. The SMILES string of the molecule is CC(C)(CCN)Nc1ccc(F)c(Cl)c1. The van der Waals surface area contributed by atoms with Crippen LogP contribution in [-0.4, -0.2) is 12.1 Å². The van der Waals surface area contributed by atoms with Crippen molar-refractivity contribution in [3.63, 3.8) is 0 Å². The number of nitrogens with two attached hydrogens (primary N) is 1. The Morgan fingerprint density at radius 2 is 2.13 bits per heavy atom. The van der Waals surface area contributed by atoms with Crippen LogP contribution in [-0.2, 0) is 0 Å². The van der Waals surface area contributed by atoms with Gasteiger partial charge >= 0.3 is 0 Å². The van der Waals surface area contributed by atoms with Crippen LogP contribution in [0.15, 0.2) is 18.2 Å². The third-order valence-corrected chi connectivity index (χ3v) is 2.46. The number of hydrogen-bond acceptors (Lipinski definition) is 2. The van der Waals surface area contributed by atoms with Gasteiger partial charge in [0.2, 0.25) is 0 Å². The van der Waals surface area contributed by atoms with E-state index >= 15 is 0 Å². The minimum absolute atomic E-state index is 0.115. The highest BCUT2D eigenvalue weighted by molar-refractivity contribution is 6.31. The second-order valence-electron chi connectivity index (χ2n) is 4.18. The van der Waals surface area contributed by atoms with Crippen molar-refractivity contribution in [3.8, 4) is 0 Å². The minimum atomic E-state index is -0.404. The highest BCUT2D eigenvalue weighted by Crippen LogP contribution is 2.23. The second-order valence-corrected chi connectivity index (χ2v) is 4.58. The molecular formula is C11H16ClFN2. The summed E-state index contributed by atoms with van der Waals surface area (Å²) in [6.07, 6.45) is 0.835. The number of anilines is 1. The predicted octanol–water partition coefficient (Wildman–Crippen LogP) is 3.02. The molecule has 0 aliphatic carbocycles. The third-order valence-electron chi connectivity index (χ3n) is 2.17. The minimum Gasteiger partial charge on any atom is -0.380 e. The molecule has 0 saturated heterocycles. The normalized spacial score (nSPS) is 11.5. The van der Waals surface area contributed by atoms with E-state index in [1.807, 2.05) is 13.8 Å². The fourth-order valence-corrected chi connectivity index (χ4v) is 1.57. The van der Waals surface area contributed by atoms with Crippen LogP contribution in [0.1, 0.15) is 20.3 Å². The van der Waals surface area contributed by atoms with E-state index in [0.717, 1.165) is 12.1 Å². The van der Waals surface area contributed by atoms with Gasteiger partial charge in [-0.2, -0.15) is 0 Å². The molecule has 1 aromatic carbocycles. The number of benzene rings is 1. The van der Waals surface area contributed by atoms with Crippen LogP contribution in [0, 0.1) is 5.82 Å². The van der Waals surface area contributed by atoms with Gasteiger partial charge in [0.05, 0.1) is 5.02 Å². The Morgan fingerprint density at radius 3 is 2.67 bits per heavy atom. The standard InChI is InChI=1S/C11H16ClFN2/c1-11(2,5-6-14)15-8-3-4-10(13)9(12)7-8/h3-4,7,15H,5-6,14H2,1-2H3. The van der Waals surface area contributed by atoms with E-state index in [4.69, 9.17) is 17.3 Å². The summed E-state index contributed by atoms with van der Waals surface area (Å²) in [5.74, 6) is -0.404. The Hall–Kier alpha value is -0.800. The van der Waals surface area contributed by atoms with Crippen molar-refractivity contribution in [2.75, 3.05) is 11.9 Å². The van der Waals surface area contributed by atoms with Crippen LogP contribution in [0.4, 0.5) is 10.1 Å². The molecule has 1 aromatic rings. The monoisotopic (exact) mass is 230 g/mol. The summed E-state index contributed by atoms with van der Waals surface area (Å²) < 4.78 is 12.9. The molecule has 3 N–H and O–H groups in total. The molecule has 0 unspecified atom stereocenters.